The molecule has 3 heterocycles. The van der Waals surface area contributed by atoms with Crippen molar-refractivity contribution in [2.75, 3.05) is 23.4 Å². The zero-order valence-electron chi connectivity index (χ0n) is 13.9. The molecule has 0 saturated carbocycles. The first kappa shape index (κ1) is 16.4. The molecule has 1 aromatic carbocycles. The minimum atomic E-state index is -0.363. The summed E-state index contributed by atoms with van der Waals surface area (Å²) in [5.41, 5.74) is 1.93. The highest BCUT2D eigenvalue weighted by molar-refractivity contribution is 7.09. The molecule has 1 N–H and O–H groups in total. The molecular formula is C19H17N3O3S. The lowest BCUT2D eigenvalue weighted by Gasteiger charge is -2.14. The van der Waals surface area contributed by atoms with Gasteiger partial charge in [-0.3, -0.25) is 9.69 Å². The summed E-state index contributed by atoms with van der Waals surface area (Å²) in [5, 5.41) is 4.93. The Balaban J connectivity index is 1.50. The predicted octanol–water partition coefficient (Wildman–Crippen LogP) is 3.81. The van der Waals surface area contributed by atoms with E-state index in [1.165, 1.54) is 4.88 Å². The fourth-order valence-electron chi connectivity index (χ4n) is 2.90. The Morgan fingerprint density at radius 3 is 2.88 bits per heavy atom. The summed E-state index contributed by atoms with van der Waals surface area (Å²) >= 11 is 1.66. The highest BCUT2D eigenvalue weighted by Crippen LogP contribution is 2.23. The lowest BCUT2D eigenvalue weighted by molar-refractivity contribution is 0.101. The summed E-state index contributed by atoms with van der Waals surface area (Å²) in [6, 6.07) is 14.9. The first-order chi connectivity index (χ1) is 12.7. The molecule has 26 heavy (non-hydrogen) atoms. The lowest BCUT2D eigenvalue weighted by atomic mass is 10.2. The molecule has 0 atom stereocenters. The molecular weight excluding hydrogens is 350 g/mol. The number of ether oxygens (including phenoxy) is 1. The monoisotopic (exact) mass is 367 g/mol. The van der Waals surface area contributed by atoms with Crippen molar-refractivity contribution in [2.45, 2.75) is 6.54 Å². The SMILES string of the molecule is O=C(Nc1cccc(N2CCOC2=O)c1)c1cccn1Cc1cccs1. The Morgan fingerprint density at radius 2 is 2.12 bits per heavy atom. The number of cyclic esters (lactones) is 1. The third-order valence-corrected chi connectivity index (χ3v) is 5.01. The van der Waals surface area contributed by atoms with Crippen LogP contribution in [0, 0.1) is 0 Å². The normalized spacial score (nSPS) is 13.7. The van der Waals surface area contributed by atoms with Crippen LogP contribution >= 0.6 is 11.3 Å². The molecule has 132 valence electrons. The van der Waals surface area contributed by atoms with Crippen molar-refractivity contribution in [3.8, 4) is 0 Å². The Bertz CT molecular complexity index is 933. The number of carbonyl (C=O) groups excluding carboxylic acids is 2. The number of aromatic nitrogens is 1. The van der Waals surface area contributed by atoms with E-state index in [2.05, 4.69) is 5.32 Å². The van der Waals surface area contributed by atoms with E-state index in [1.807, 2.05) is 40.4 Å². The van der Waals surface area contributed by atoms with E-state index in [0.717, 1.165) is 0 Å². The average molecular weight is 367 g/mol. The van der Waals surface area contributed by atoms with Crippen LogP contribution in [0.15, 0.2) is 60.1 Å². The van der Waals surface area contributed by atoms with Gasteiger partial charge in [-0.15, -0.1) is 11.3 Å². The van der Waals surface area contributed by atoms with Crippen LogP contribution in [-0.2, 0) is 11.3 Å². The van der Waals surface area contributed by atoms with E-state index >= 15 is 0 Å². The first-order valence-corrected chi connectivity index (χ1v) is 9.12. The van der Waals surface area contributed by atoms with Gasteiger partial charge in [0.1, 0.15) is 12.3 Å². The van der Waals surface area contributed by atoms with Gasteiger partial charge in [-0.05, 0) is 41.8 Å². The van der Waals surface area contributed by atoms with E-state index in [4.69, 9.17) is 4.74 Å². The van der Waals surface area contributed by atoms with Gasteiger partial charge in [0.25, 0.3) is 5.91 Å². The molecule has 2 aromatic heterocycles. The lowest BCUT2D eigenvalue weighted by Crippen LogP contribution is -2.23. The van der Waals surface area contributed by atoms with Crippen molar-refractivity contribution < 1.29 is 14.3 Å². The van der Waals surface area contributed by atoms with Crippen molar-refractivity contribution in [3.05, 3.63) is 70.7 Å². The number of thiophene rings is 1. The van der Waals surface area contributed by atoms with Crippen LogP contribution < -0.4 is 10.2 Å². The Hall–Kier alpha value is -3.06. The van der Waals surface area contributed by atoms with E-state index < -0.39 is 0 Å². The maximum atomic E-state index is 12.7. The number of nitrogens with zero attached hydrogens (tertiary/aromatic N) is 2. The van der Waals surface area contributed by atoms with Gasteiger partial charge >= 0.3 is 6.09 Å². The number of nitrogens with one attached hydrogen (secondary N) is 1. The summed E-state index contributed by atoms with van der Waals surface area (Å²) in [6.45, 7) is 1.55. The van der Waals surface area contributed by atoms with Gasteiger partial charge in [-0.2, -0.15) is 0 Å². The molecule has 0 radical (unpaired) electrons. The first-order valence-electron chi connectivity index (χ1n) is 8.24. The van der Waals surface area contributed by atoms with Crippen LogP contribution in [0.5, 0.6) is 0 Å². The van der Waals surface area contributed by atoms with Crippen LogP contribution in [0.3, 0.4) is 0 Å². The van der Waals surface area contributed by atoms with Crippen molar-refractivity contribution in [2.24, 2.45) is 0 Å². The molecule has 4 rings (SSSR count). The van der Waals surface area contributed by atoms with E-state index in [-0.39, 0.29) is 12.0 Å². The van der Waals surface area contributed by atoms with Gasteiger partial charge in [0.2, 0.25) is 0 Å². The summed E-state index contributed by atoms with van der Waals surface area (Å²) < 4.78 is 6.88. The average Bonchev–Trinajstić information content (AvgIpc) is 3.37. The van der Waals surface area contributed by atoms with Gasteiger partial charge in [-0.25, -0.2) is 4.79 Å². The topological polar surface area (TPSA) is 63.6 Å². The van der Waals surface area contributed by atoms with Gasteiger partial charge in [-0.1, -0.05) is 12.1 Å². The highest BCUT2D eigenvalue weighted by atomic mass is 32.1. The number of amides is 2. The second-order valence-corrected chi connectivity index (χ2v) is 6.90. The van der Waals surface area contributed by atoms with Crippen LogP contribution in [0.25, 0.3) is 0 Å². The van der Waals surface area contributed by atoms with Gasteiger partial charge < -0.3 is 14.6 Å². The van der Waals surface area contributed by atoms with Crippen molar-refractivity contribution in [1.82, 2.24) is 4.57 Å². The summed E-state index contributed by atoms with van der Waals surface area (Å²) in [5.74, 6) is -0.187. The predicted molar refractivity (Wildman–Crippen MR) is 101 cm³/mol. The summed E-state index contributed by atoms with van der Waals surface area (Å²) in [6.07, 6.45) is 1.53. The number of rotatable bonds is 5. The van der Waals surface area contributed by atoms with E-state index in [0.29, 0.717) is 36.8 Å². The summed E-state index contributed by atoms with van der Waals surface area (Å²) in [4.78, 5) is 27.1. The fraction of sp³-hybridized carbons (Fsp3) is 0.158. The van der Waals surface area contributed by atoms with E-state index in [9.17, 15) is 9.59 Å². The van der Waals surface area contributed by atoms with Crippen molar-refractivity contribution >= 4 is 34.7 Å². The summed E-state index contributed by atoms with van der Waals surface area (Å²) in [7, 11) is 0. The number of benzene rings is 1. The smallest absolute Gasteiger partial charge is 0.414 e. The quantitative estimate of drug-likeness (QED) is 0.746. The Labute approximate surface area is 154 Å². The molecule has 7 heteroatoms. The minimum Gasteiger partial charge on any atom is -0.447 e. The van der Waals surface area contributed by atoms with Crippen LogP contribution in [-0.4, -0.2) is 29.7 Å². The molecule has 2 amide bonds. The molecule has 0 spiro atoms. The number of hydrogen-bond donors (Lipinski definition) is 1. The third kappa shape index (κ3) is 3.34. The molecule has 0 unspecified atom stereocenters. The molecule has 1 aliphatic rings. The third-order valence-electron chi connectivity index (χ3n) is 4.14. The van der Waals surface area contributed by atoms with Gasteiger partial charge in [0, 0.05) is 22.4 Å². The van der Waals surface area contributed by atoms with E-state index in [1.54, 1.807) is 40.5 Å². The molecule has 1 saturated heterocycles. The second kappa shape index (κ2) is 7.05. The maximum Gasteiger partial charge on any atom is 0.414 e. The maximum absolute atomic E-state index is 12.7. The van der Waals surface area contributed by atoms with Gasteiger partial charge in [0.15, 0.2) is 0 Å². The number of hydrogen-bond acceptors (Lipinski definition) is 4. The Morgan fingerprint density at radius 1 is 1.19 bits per heavy atom. The molecule has 6 nitrogen and oxygen atoms in total. The van der Waals surface area contributed by atoms with Crippen LogP contribution in [0.4, 0.5) is 16.2 Å². The van der Waals surface area contributed by atoms with Crippen LogP contribution in [0.1, 0.15) is 15.4 Å². The fourth-order valence-corrected chi connectivity index (χ4v) is 3.61. The Kier molecular flexibility index (Phi) is 4.45. The second-order valence-electron chi connectivity index (χ2n) is 5.87. The number of anilines is 2. The minimum absolute atomic E-state index is 0.187. The van der Waals surface area contributed by atoms with Crippen LogP contribution in [0.2, 0.25) is 0 Å². The number of carbonyl (C=O) groups is 2. The molecule has 1 fully saturated rings. The molecule has 0 aliphatic carbocycles. The standard InChI is InChI=1S/C19H17N3O3S/c23-18(17-7-2-8-21(17)13-16-6-3-11-26-16)20-14-4-1-5-15(12-14)22-9-10-25-19(22)24/h1-8,11-12H,9-10,13H2,(H,20,23). The molecule has 3 aromatic rings. The molecule has 0 bridgehead atoms. The van der Waals surface area contributed by atoms with Gasteiger partial charge in [0.05, 0.1) is 13.1 Å². The van der Waals surface area contributed by atoms with Crippen molar-refractivity contribution in [1.29, 1.82) is 0 Å². The highest BCUT2D eigenvalue weighted by Gasteiger charge is 2.23. The largest absolute Gasteiger partial charge is 0.447 e. The zero-order valence-corrected chi connectivity index (χ0v) is 14.7. The molecule has 1 aliphatic heterocycles. The van der Waals surface area contributed by atoms with Crippen molar-refractivity contribution in [3.63, 3.8) is 0 Å². The zero-order chi connectivity index (χ0) is 17.9.